The Bertz CT molecular complexity index is 758. The fourth-order valence-electron chi connectivity index (χ4n) is 2.25. The molecule has 2 amide bonds. The molecule has 2 aromatic carbocycles. The van der Waals surface area contributed by atoms with Crippen molar-refractivity contribution in [2.75, 3.05) is 23.8 Å². The number of carbonyl (C=O) groups is 2. The molecule has 6 heteroatoms. The molecule has 0 saturated heterocycles. The maximum Gasteiger partial charge on any atom is 0.262 e. The number of fused-ring (bicyclic) bond motifs is 1. The minimum Gasteiger partial charge on any atom is -0.494 e. The zero-order chi connectivity index (χ0) is 16.2. The summed E-state index contributed by atoms with van der Waals surface area (Å²) in [5.74, 6) is 0.746. The molecule has 0 aliphatic carbocycles. The second-order valence-corrected chi connectivity index (χ2v) is 4.96. The number of benzene rings is 2. The van der Waals surface area contributed by atoms with E-state index in [4.69, 9.17) is 9.47 Å². The quantitative estimate of drug-likeness (QED) is 0.910. The van der Waals surface area contributed by atoms with Crippen LogP contribution in [0.3, 0.4) is 0 Å². The Morgan fingerprint density at radius 3 is 3.00 bits per heavy atom. The summed E-state index contributed by atoms with van der Waals surface area (Å²) in [4.78, 5) is 23.6. The van der Waals surface area contributed by atoms with Crippen molar-refractivity contribution < 1.29 is 19.1 Å². The zero-order valence-electron chi connectivity index (χ0n) is 12.6. The lowest BCUT2D eigenvalue weighted by Crippen LogP contribution is -2.25. The number of hydrogen-bond donors (Lipinski definition) is 2. The number of anilines is 2. The highest BCUT2D eigenvalue weighted by atomic mass is 16.5. The molecule has 23 heavy (non-hydrogen) atoms. The second kappa shape index (κ2) is 6.39. The normalized spacial score (nSPS) is 12.7. The van der Waals surface area contributed by atoms with Crippen molar-refractivity contribution >= 4 is 23.2 Å². The van der Waals surface area contributed by atoms with Gasteiger partial charge in [-0.2, -0.15) is 0 Å². The van der Waals surface area contributed by atoms with Crippen molar-refractivity contribution in [2.24, 2.45) is 0 Å². The maximum atomic E-state index is 12.3. The summed E-state index contributed by atoms with van der Waals surface area (Å²) >= 11 is 0. The lowest BCUT2D eigenvalue weighted by atomic mass is 10.2. The standard InChI is InChI=1S/C17H16N2O4/c1-2-22-13-5-3-4-11(8-13)17(21)18-12-6-7-14-15(9-12)23-10-16(20)19-14/h3-9H,2,10H2,1H3,(H,18,21)(H,19,20). The maximum absolute atomic E-state index is 12.3. The number of hydrogen-bond acceptors (Lipinski definition) is 4. The van der Waals surface area contributed by atoms with Crippen LogP contribution in [0.2, 0.25) is 0 Å². The molecule has 2 aromatic rings. The van der Waals surface area contributed by atoms with E-state index in [9.17, 15) is 9.59 Å². The topological polar surface area (TPSA) is 76.7 Å². The van der Waals surface area contributed by atoms with E-state index in [1.54, 1.807) is 42.5 Å². The van der Waals surface area contributed by atoms with E-state index >= 15 is 0 Å². The molecule has 1 aliphatic rings. The first-order chi connectivity index (χ1) is 11.2. The monoisotopic (exact) mass is 312 g/mol. The third-order valence-corrected chi connectivity index (χ3v) is 3.28. The van der Waals surface area contributed by atoms with Crippen LogP contribution in [-0.4, -0.2) is 25.0 Å². The lowest BCUT2D eigenvalue weighted by Gasteiger charge is -2.18. The first kappa shape index (κ1) is 14.9. The van der Waals surface area contributed by atoms with Gasteiger partial charge in [0.1, 0.15) is 11.5 Å². The average molecular weight is 312 g/mol. The van der Waals surface area contributed by atoms with Crippen LogP contribution in [0.5, 0.6) is 11.5 Å². The van der Waals surface area contributed by atoms with Gasteiger partial charge in [-0.3, -0.25) is 9.59 Å². The summed E-state index contributed by atoms with van der Waals surface area (Å²) in [5.41, 5.74) is 1.69. The third kappa shape index (κ3) is 3.42. The van der Waals surface area contributed by atoms with Gasteiger partial charge >= 0.3 is 0 Å². The lowest BCUT2D eigenvalue weighted by molar-refractivity contribution is -0.118. The van der Waals surface area contributed by atoms with Crippen LogP contribution in [-0.2, 0) is 4.79 Å². The smallest absolute Gasteiger partial charge is 0.262 e. The molecule has 2 N–H and O–H groups in total. The minimum atomic E-state index is -0.244. The molecule has 6 nitrogen and oxygen atoms in total. The summed E-state index contributed by atoms with van der Waals surface area (Å²) in [6.07, 6.45) is 0. The van der Waals surface area contributed by atoms with Gasteiger partial charge in [-0.25, -0.2) is 0 Å². The highest BCUT2D eigenvalue weighted by Gasteiger charge is 2.16. The van der Waals surface area contributed by atoms with Crippen molar-refractivity contribution in [1.82, 2.24) is 0 Å². The van der Waals surface area contributed by atoms with Crippen molar-refractivity contribution in [3.63, 3.8) is 0 Å². The fourth-order valence-corrected chi connectivity index (χ4v) is 2.25. The summed E-state index contributed by atoms with van der Waals surface area (Å²) in [5, 5.41) is 5.50. The van der Waals surface area contributed by atoms with E-state index in [-0.39, 0.29) is 18.4 Å². The molecule has 0 aromatic heterocycles. The first-order valence-corrected chi connectivity index (χ1v) is 7.26. The van der Waals surface area contributed by atoms with Gasteiger partial charge in [-0.15, -0.1) is 0 Å². The molecule has 0 fully saturated rings. The van der Waals surface area contributed by atoms with Gasteiger partial charge in [0.2, 0.25) is 0 Å². The predicted molar refractivity (Wildman–Crippen MR) is 86.1 cm³/mol. The number of rotatable bonds is 4. The second-order valence-electron chi connectivity index (χ2n) is 4.96. The van der Waals surface area contributed by atoms with E-state index in [1.807, 2.05) is 6.92 Å². The highest BCUT2D eigenvalue weighted by Crippen LogP contribution is 2.30. The molecule has 1 heterocycles. The number of ether oxygens (including phenoxy) is 2. The molecular formula is C17H16N2O4. The van der Waals surface area contributed by atoms with Gasteiger partial charge in [0, 0.05) is 17.3 Å². The van der Waals surface area contributed by atoms with E-state index in [0.717, 1.165) is 0 Å². The van der Waals surface area contributed by atoms with Crippen LogP contribution in [0.4, 0.5) is 11.4 Å². The summed E-state index contributed by atoms with van der Waals surface area (Å²) in [6.45, 7) is 2.40. The predicted octanol–water partition coefficient (Wildman–Crippen LogP) is 2.67. The molecule has 0 spiro atoms. The number of carbonyl (C=O) groups excluding carboxylic acids is 2. The largest absolute Gasteiger partial charge is 0.494 e. The highest BCUT2D eigenvalue weighted by molar-refractivity contribution is 6.05. The van der Waals surface area contributed by atoms with Crippen molar-refractivity contribution in [3.05, 3.63) is 48.0 Å². The van der Waals surface area contributed by atoms with Gasteiger partial charge in [-0.05, 0) is 37.3 Å². The molecule has 1 aliphatic heterocycles. The van der Waals surface area contributed by atoms with E-state index in [1.165, 1.54) is 0 Å². The van der Waals surface area contributed by atoms with Crippen LogP contribution < -0.4 is 20.1 Å². The number of amides is 2. The summed E-state index contributed by atoms with van der Waals surface area (Å²) in [6, 6.07) is 12.1. The van der Waals surface area contributed by atoms with Crippen LogP contribution in [0.25, 0.3) is 0 Å². The van der Waals surface area contributed by atoms with Crippen molar-refractivity contribution in [1.29, 1.82) is 0 Å². The molecule has 0 atom stereocenters. The molecule has 0 unspecified atom stereocenters. The summed E-state index contributed by atoms with van der Waals surface area (Å²) < 4.78 is 10.7. The third-order valence-electron chi connectivity index (χ3n) is 3.28. The Labute approximate surface area is 133 Å². The zero-order valence-corrected chi connectivity index (χ0v) is 12.6. The Morgan fingerprint density at radius 2 is 2.17 bits per heavy atom. The van der Waals surface area contributed by atoms with Gasteiger partial charge in [0.05, 0.1) is 12.3 Å². The SMILES string of the molecule is CCOc1cccc(C(=O)Nc2ccc3c(c2)OCC(=O)N3)c1. The minimum absolute atomic E-state index is 0.0270. The molecule has 0 saturated carbocycles. The molecular weight excluding hydrogens is 296 g/mol. The Kier molecular flexibility index (Phi) is 4.14. The Balaban J connectivity index is 1.75. The average Bonchev–Trinajstić information content (AvgIpc) is 2.55. The Morgan fingerprint density at radius 1 is 1.30 bits per heavy atom. The van der Waals surface area contributed by atoms with Crippen molar-refractivity contribution in [3.8, 4) is 11.5 Å². The van der Waals surface area contributed by atoms with E-state index in [0.29, 0.717) is 35.0 Å². The van der Waals surface area contributed by atoms with Crippen molar-refractivity contribution in [2.45, 2.75) is 6.92 Å². The van der Waals surface area contributed by atoms with Crippen LogP contribution in [0, 0.1) is 0 Å². The molecule has 3 rings (SSSR count). The first-order valence-electron chi connectivity index (χ1n) is 7.26. The summed E-state index contributed by atoms with van der Waals surface area (Å²) in [7, 11) is 0. The van der Waals surface area contributed by atoms with Gasteiger partial charge < -0.3 is 20.1 Å². The van der Waals surface area contributed by atoms with Gasteiger partial charge in [-0.1, -0.05) is 6.07 Å². The fraction of sp³-hybridized carbons (Fsp3) is 0.176. The molecule has 0 bridgehead atoms. The molecule has 118 valence electrons. The van der Waals surface area contributed by atoms with Crippen LogP contribution in [0.1, 0.15) is 17.3 Å². The van der Waals surface area contributed by atoms with Gasteiger partial charge in [0.25, 0.3) is 11.8 Å². The molecule has 0 radical (unpaired) electrons. The van der Waals surface area contributed by atoms with E-state index in [2.05, 4.69) is 10.6 Å². The van der Waals surface area contributed by atoms with Gasteiger partial charge in [0.15, 0.2) is 6.61 Å². The Hall–Kier alpha value is -3.02. The van der Waals surface area contributed by atoms with Crippen LogP contribution >= 0.6 is 0 Å². The number of nitrogens with one attached hydrogen (secondary N) is 2. The van der Waals surface area contributed by atoms with Crippen LogP contribution in [0.15, 0.2) is 42.5 Å². The van der Waals surface area contributed by atoms with E-state index < -0.39 is 0 Å².